The number of ether oxygens (including phenoxy) is 1. The summed E-state index contributed by atoms with van der Waals surface area (Å²) in [4.78, 5) is 11.1. The summed E-state index contributed by atoms with van der Waals surface area (Å²) in [7, 11) is -1.89. The molecule has 1 fully saturated rings. The second-order valence-corrected chi connectivity index (χ2v) is 5.74. The van der Waals surface area contributed by atoms with Gasteiger partial charge in [0.05, 0.1) is 19.8 Å². The molecule has 1 unspecified atom stereocenters. The van der Waals surface area contributed by atoms with Gasteiger partial charge in [-0.25, -0.2) is 8.42 Å². The summed E-state index contributed by atoms with van der Waals surface area (Å²) >= 11 is 0. The second kappa shape index (κ2) is 4.94. The van der Waals surface area contributed by atoms with E-state index in [-0.39, 0.29) is 18.4 Å². The first-order chi connectivity index (χ1) is 6.95. The molecule has 0 amide bonds. The summed E-state index contributed by atoms with van der Waals surface area (Å²) < 4.78 is 28.8. The first-order valence-corrected chi connectivity index (χ1v) is 6.83. The van der Waals surface area contributed by atoms with Gasteiger partial charge in [-0.3, -0.25) is 4.79 Å². The van der Waals surface area contributed by atoms with Crippen LogP contribution >= 0.6 is 0 Å². The van der Waals surface area contributed by atoms with E-state index in [0.717, 1.165) is 19.3 Å². The molecule has 1 aliphatic heterocycles. The number of hydrogen-bond donors (Lipinski definition) is 0. The van der Waals surface area contributed by atoms with Crippen molar-refractivity contribution in [3.8, 4) is 0 Å². The van der Waals surface area contributed by atoms with Crippen LogP contribution in [-0.2, 0) is 19.6 Å². The van der Waals surface area contributed by atoms with E-state index in [1.807, 2.05) is 0 Å². The molecule has 0 saturated carbocycles. The predicted molar refractivity (Wildman–Crippen MR) is 55.8 cm³/mol. The van der Waals surface area contributed by atoms with Crippen molar-refractivity contribution in [2.45, 2.75) is 31.7 Å². The van der Waals surface area contributed by atoms with Gasteiger partial charge in [0, 0.05) is 12.6 Å². The fourth-order valence-electron chi connectivity index (χ4n) is 1.89. The highest BCUT2D eigenvalue weighted by molar-refractivity contribution is 7.88. The van der Waals surface area contributed by atoms with Crippen LogP contribution in [0.25, 0.3) is 0 Å². The number of sulfonamides is 1. The van der Waals surface area contributed by atoms with Gasteiger partial charge in [0.15, 0.2) is 0 Å². The molecule has 1 atom stereocenters. The van der Waals surface area contributed by atoms with Gasteiger partial charge in [-0.05, 0) is 12.8 Å². The predicted octanol–water partition coefficient (Wildman–Crippen LogP) is 0.364. The van der Waals surface area contributed by atoms with Crippen molar-refractivity contribution in [1.82, 2.24) is 4.31 Å². The maximum absolute atomic E-state index is 11.4. The Morgan fingerprint density at radius 3 is 2.67 bits per heavy atom. The topological polar surface area (TPSA) is 63.7 Å². The SMILES string of the molecule is COC(=O)CC1CCCCN1S(C)(=O)=O. The summed E-state index contributed by atoms with van der Waals surface area (Å²) in [5.41, 5.74) is 0. The van der Waals surface area contributed by atoms with Crippen molar-refractivity contribution in [1.29, 1.82) is 0 Å². The van der Waals surface area contributed by atoms with Crippen molar-refractivity contribution in [3.63, 3.8) is 0 Å². The van der Waals surface area contributed by atoms with E-state index in [9.17, 15) is 13.2 Å². The van der Waals surface area contributed by atoms with Gasteiger partial charge in [0.25, 0.3) is 0 Å². The third-order valence-electron chi connectivity index (χ3n) is 2.63. The molecule has 88 valence electrons. The molecule has 5 nitrogen and oxygen atoms in total. The molecule has 0 aromatic rings. The van der Waals surface area contributed by atoms with Crippen molar-refractivity contribution in [3.05, 3.63) is 0 Å². The summed E-state index contributed by atoms with van der Waals surface area (Å²) in [6.45, 7) is 0.514. The van der Waals surface area contributed by atoms with E-state index in [0.29, 0.717) is 6.54 Å². The summed E-state index contributed by atoms with van der Waals surface area (Å²) in [5, 5.41) is 0. The normalized spacial score (nSPS) is 23.7. The van der Waals surface area contributed by atoms with Crippen LogP contribution in [0.5, 0.6) is 0 Å². The Kier molecular flexibility index (Phi) is 4.10. The molecular formula is C9H17NO4S. The lowest BCUT2D eigenvalue weighted by Gasteiger charge is -2.32. The minimum Gasteiger partial charge on any atom is -0.469 e. The lowest BCUT2D eigenvalue weighted by atomic mass is 10.0. The molecule has 0 aromatic carbocycles. The Labute approximate surface area is 90.4 Å². The third-order valence-corrected chi connectivity index (χ3v) is 3.96. The second-order valence-electron chi connectivity index (χ2n) is 3.80. The molecule has 1 heterocycles. The minimum absolute atomic E-state index is 0.156. The minimum atomic E-state index is -3.20. The number of carbonyl (C=O) groups is 1. The lowest BCUT2D eigenvalue weighted by Crippen LogP contribution is -2.44. The maximum atomic E-state index is 11.4. The number of carbonyl (C=O) groups excluding carboxylic acids is 1. The zero-order chi connectivity index (χ0) is 11.5. The highest BCUT2D eigenvalue weighted by Crippen LogP contribution is 2.22. The van der Waals surface area contributed by atoms with Crippen LogP contribution in [0.15, 0.2) is 0 Å². The summed E-state index contributed by atoms with van der Waals surface area (Å²) in [6.07, 6.45) is 3.91. The van der Waals surface area contributed by atoms with Gasteiger partial charge in [-0.15, -0.1) is 0 Å². The van der Waals surface area contributed by atoms with Crippen LogP contribution in [0.2, 0.25) is 0 Å². The van der Waals surface area contributed by atoms with Gasteiger partial charge in [-0.2, -0.15) is 4.31 Å². The van der Waals surface area contributed by atoms with Crippen LogP contribution in [-0.4, -0.2) is 44.6 Å². The Morgan fingerprint density at radius 1 is 1.47 bits per heavy atom. The zero-order valence-electron chi connectivity index (χ0n) is 9.10. The van der Waals surface area contributed by atoms with Crippen LogP contribution < -0.4 is 0 Å². The fraction of sp³-hybridized carbons (Fsp3) is 0.889. The number of nitrogens with zero attached hydrogens (tertiary/aromatic N) is 1. The maximum Gasteiger partial charge on any atom is 0.307 e. The highest BCUT2D eigenvalue weighted by Gasteiger charge is 2.30. The molecular weight excluding hydrogens is 218 g/mol. The smallest absolute Gasteiger partial charge is 0.307 e. The fourth-order valence-corrected chi connectivity index (χ4v) is 3.07. The molecule has 0 N–H and O–H groups in total. The van der Waals surface area contributed by atoms with Gasteiger partial charge in [-0.1, -0.05) is 6.42 Å². The number of esters is 1. The molecule has 1 saturated heterocycles. The molecule has 0 radical (unpaired) electrons. The van der Waals surface area contributed by atoms with E-state index >= 15 is 0 Å². The Bertz CT molecular complexity index is 325. The van der Waals surface area contributed by atoms with E-state index in [1.165, 1.54) is 17.7 Å². The molecule has 1 aliphatic rings. The van der Waals surface area contributed by atoms with Gasteiger partial charge in [0.1, 0.15) is 0 Å². The average Bonchev–Trinajstić information content (AvgIpc) is 2.17. The Hall–Kier alpha value is -0.620. The molecule has 0 aliphatic carbocycles. The molecule has 1 rings (SSSR count). The van der Waals surface area contributed by atoms with Crippen molar-refractivity contribution in [2.75, 3.05) is 19.9 Å². The van der Waals surface area contributed by atoms with E-state index in [1.54, 1.807) is 0 Å². The highest BCUT2D eigenvalue weighted by atomic mass is 32.2. The van der Waals surface area contributed by atoms with Gasteiger partial charge >= 0.3 is 5.97 Å². The summed E-state index contributed by atoms with van der Waals surface area (Å²) in [5.74, 6) is -0.351. The Balaban J connectivity index is 2.70. The quantitative estimate of drug-likeness (QED) is 0.663. The van der Waals surface area contributed by atoms with Crippen LogP contribution in [0.4, 0.5) is 0 Å². The number of piperidine rings is 1. The van der Waals surface area contributed by atoms with Gasteiger partial charge in [0.2, 0.25) is 10.0 Å². The van der Waals surface area contributed by atoms with Crippen LogP contribution in [0.3, 0.4) is 0 Å². The van der Waals surface area contributed by atoms with Crippen LogP contribution in [0.1, 0.15) is 25.7 Å². The van der Waals surface area contributed by atoms with Crippen LogP contribution in [0, 0.1) is 0 Å². The number of hydrogen-bond acceptors (Lipinski definition) is 4. The van der Waals surface area contributed by atoms with Gasteiger partial charge < -0.3 is 4.74 Å². The van der Waals surface area contributed by atoms with Crippen molar-refractivity contribution < 1.29 is 17.9 Å². The molecule has 0 aromatic heterocycles. The first-order valence-electron chi connectivity index (χ1n) is 4.99. The summed E-state index contributed by atoms with van der Waals surface area (Å²) in [6, 6.07) is -0.221. The van der Waals surface area contributed by atoms with E-state index in [4.69, 9.17) is 0 Å². The number of methoxy groups -OCH3 is 1. The standard InChI is InChI=1S/C9H17NO4S/c1-14-9(11)7-8-5-3-4-6-10(8)15(2,12)13/h8H,3-7H2,1-2H3. The monoisotopic (exact) mass is 235 g/mol. The molecule has 15 heavy (non-hydrogen) atoms. The van der Waals surface area contributed by atoms with Crippen molar-refractivity contribution >= 4 is 16.0 Å². The number of rotatable bonds is 3. The van der Waals surface area contributed by atoms with E-state index in [2.05, 4.69) is 4.74 Å². The largest absolute Gasteiger partial charge is 0.469 e. The molecule has 6 heteroatoms. The first kappa shape index (κ1) is 12.4. The van der Waals surface area contributed by atoms with Crippen molar-refractivity contribution in [2.24, 2.45) is 0 Å². The third kappa shape index (κ3) is 3.46. The lowest BCUT2D eigenvalue weighted by molar-refractivity contribution is -0.141. The zero-order valence-corrected chi connectivity index (χ0v) is 9.92. The molecule has 0 bridgehead atoms. The molecule has 0 spiro atoms. The average molecular weight is 235 g/mol. The van der Waals surface area contributed by atoms with E-state index < -0.39 is 10.0 Å². The Morgan fingerprint density at radius 2 is 2.13 bits per heavy atom.